The summed E-state index contributed by atoms with van der Waals surface area (Å²) >= 11 is 6.19. The highest BCUT2D eigenvalue weighted by Crippen LogP contribution is 2.36. The van der Waals surface area contributed by atoms with Gasteiger partial charge in [0, 0.05) is 56.1 Å². The van der Waals surface area contributed by atoms with Crippen LogP contribution in [0.2, 0.25) is 5.02 Å². The molecule has 0 unspecified atom stereocenters. The van der Waals surface area contributed by atoms with Crippen molar-refractivity contribution in [2.75, 3.05) is 59.5 Å². The van der Waals surface area contributed by atoms with Gasteiger partial charge >= 0.3 is 0 Å². The third kappa shape index (κ3) is 6.84. The van der Waals surface area contributed by atoms with Gasteiger partial charge in [-0.25, -0.2) is 0 Å². The van der Waals surface area contributed by atoms with Gasteiger partial charge in [-0.15, -0.1) is 0 Å². The Balaban J connectivity index is 1.72. The number of hydrogen-bond donors (Lipinski definition) is 0. The molecular formula is C25H40ClN3O2. The lowest BCUT2D eigenvalue weighted by Gasteiger charge is -2.44. The molecule has 5 nitrogen and oxygen atoms in total. The zero-order valence-electron chi connectivity index (χ0n) is 19.8. The molecule has 1 amide bonds. The van der Waals surface area contributed by atoms with Crippen LogP contribution in [0.5, 0.6) is 5.75 Å². The maximum atomic E-state index is 13.3. The number of nitrogens with zero attached hydrogens (tertiary/aromatic N) is 3. The van der Waals surface area contributed by atoms with E-state index in [1.165, 1.54) is 6.42 Å². The molecule has 31 heavy (non-hydrogen) atoms. The number of hydrogen-bond acceptors (Lipinski definition) is 4. The monoisotopic (exact) mass is 449 g/mol. The van der Waals surface area contributed by atoms with E-state index in [4.69, 9.17) is 16.3 Å². The smallest absolute Gasteiger partial charge is 0.223 e. The standard InChI is InChI=1S/C25H40ClN3O2/c1-5-20(2)17-28-10-6-9-25(18-28,16-24(30)29-13-11-27(4)12-14-29)19-31-22-7-8-23(26)21(3)15-22/h7-8,15,20H,5-6,9-14,16-19H2,1-4H3/t20-,25-/m1/s1. The van der Waals surface area contributed by atoms with Crippen LogP contribution in [0.3, 0.4) is 0 Å². The molecule has 2 atom stereocenters. The molecule has 1 aromatic carbocycles. The Labute approximate surface area is 193 Å². The van der Waals surface area contributed by atoms with E-state index in [1.54, 1.807) is 0 Å². The predicted molar refractivity (Wildman–Crippen MR) is 128 cm³/mol. The zero-order valence-corrected chi connectivity index (χ0v) is 20.6. The van der Waals surface area contributed by atoms with Crippen molar-refractivity contribution in [1.29, 1.82) is 0 Å². The number of rotatable bonds is 8. The SMILES string of the molecule is CC[C@@H](C)CN1CCC[C@@](COc2ccc(Cl)c(C)c2)(CC(=O)N2CCN(C)CC2)C1. The van der Waals surface area contributed by atoms with Crippen molar-refractivity contribution >= 4 is 17.5 Å². The second-order valence-corrected chi connectivity index (χ2v) is 10.3. The number of ether oxygens (including phenoxy) is 1. The summed E-state index contributed by atoms with van der Waals surface area (Å²) < 4.78 is 6.31. The number of halogens is 1. The Hall–Kier alpha value is -1.30. The molecule has 174 valence electrons. The molecule has 2 heterocycles. The van der Waals surface area contributed by atoms with Crippen molar-refractivity contribution in [1.82, 2.24) is 14.7 Å². The third-order valence-corrected chi connectivity index (χ3v) is 7.49. The number of aryl methyl sites for hydroxylation is 1. The van der Waals surface area contributed by atoms with Gasteiger partial charge in [-0.2, -0.15) is 0 Å². The number of carbonyl (C=O) groups excluding carboxylic acids is 1. The normalized spacial score (nSPS) is 24.2. The fourth-order valence-electron chi connectivity index (χ4n) is 4.78. The lowest BCUT2D eigenvalue weighted by molar-refractivity contribution is -0.137. The van der Waals surface area contributed by atoms with Crippen molar-refractivity contribution < 1.29 is 9.53 Å². The number of likely N-dealkylation sites (N-methyl/N-ethyl adjacent to an activating group) is 1. The number of piperazine rings is 1. The van der Waals surface area contributed by atoms with Crippen molar-refractivity contribution in [2.45, 2.75) is 46.5 Å². The average Bonchev–Trinajstić information content (AvgIpc) is 2.75. The van der Waals surface area contributed by atoms with E-state index in [2.05, 4.69) is 35.6 Å². The minimum atomic E-state index is -0.139. The van der Waals surface area contributed by atoms with E-state index < -0.39 is 0 Å². The second kappa shape index (κ2) is 11.0. The Bertz CT molecular complexity index is 735. The van der Waals surface area contributed by atoms with Crippen LogP contribution in [-0.4, -0.2) is 80.1 Å². The van der Waals surface area contributed by atoms with Gasteiger partial charge in [-0.3, -0.25) is 4.79 Å². The molecule has 6 heteroatoms. The first kappa shape index (κ1) is 24.3. The van der Waals surface area contributed by atoms with Gasteiger partial charge in [-0.1, -0.05) is 31.9 Å². The van der Waals surface area contributed by atoms with Crippen LogP contribution >= 0.6 is 11.6 Å². The molecule has 2 saturated heterocycles. The fourth-order valence-corrected chi connectivity index (χ4v) is 4.90. The van der Waals surface area contributed by atoms with Gasteiger partial charge in [-0.05, 0) is 63.0 Å². The summed E-state index contributed by atoms with van der Waals surface area (Å²) in [7, 11) is 2.12. The minimum absolute atomic E-state index is 0.139. The Morgan fingerprint density at radius 1 is 1.23 bits per heavy atom. The molecule has 0 bridgehead atoms. The summed E-state index contributed by atoms with van der Waals surface area (Å²) in [4.78, 5) is 20.2. The number of carbonyl (C=O) groups is 1. The van der Waals surface area contributed by atoms with Gasteiger partial charge in [0.15, 0.2) is 0 Å². The highest BCUT2D eigenvalue weighted by atomic mass is 35.5. The van der Waals surface area contributed by atoms with Gasteiger partial charge in [0.2, 0.25) is 5.91 Å². The van der Waals surface area contributed by atoms with E-state index >= 15 is 0 Å². The van der Waals surface area contributed by atoms with E-state index in [9.17, 15) is 4.79 Å². The topological polar surface area (TPSA) is 36.0 Å². The molecule has 2 fully saturated rings. The molecule has 3 rings (SSSR count). The number of amides is 1. The van der Waals surface area contributed by atoms with Crippen molar-refractivity contribution in [3.8, 4) is 5.75 Å². The van der Waals surface area contributed by atoms with Crippen LogP contribution in [0.1, 0.15) is 45.1 Å². The van der Waals surface area contributed by atoms with Gasteiger partial charge in [0.05, 0.1) is 6.61 Å². The largest absolute Gasteiger partial charge is 0.493 e. The summed E-state index contributed by atoms with van der Waals surface area (Å²) in [6.07, 6.45) is 3.91. The number of likely N-dealkylation sites (tertiary alicyclic amines) is 1. The lowest BCUT2D eigenvalue weighted by Crippen LogP contribution is -2.52. The molecule has 0 aliphatic carbocycles. The molecule has 2 aliphatic heterocycles. The minimum Gasteiger partial charge on any atom is -0.493 e. The van der Waals surface area contributed by atoms with E-state index in [0.717, 1.165) is 75.0 Å². The van der Waals surface area contributed by atoms with Crippen LogP contribution in [-0.2, 0) is 4.79 Å². The van der Waals surface area contributed by atoms with Crippen LogP contribution in [0.4, 0.5) is 0 Å². The van der Waals surface area contributed by atoms with Crippen LogP contribution in [0, 0.1) is 18.3 Å². The molecule has 0 aromatic heterocycles. The van der Waals surface area contributed by atoms with Gasteiger partial charge < -0.3 is 19.4 Å². The maximum absolute atomic E-state index is 13.3. The Morgan fingerprint density at radius 3 is 2.65 bits per heavy atom. The Morgan fingerprint density at radius 2 is 1.97 bits per heavy atom. The lowest BCUT2D eigenvalue weighted by atomic mass is 9.77. The van der Waals surface area contributed by atoms with Gasteiger partial charge in [0.25, 0.3) is 0 Å². The van der Waals surface area contributed by atoms with E-state index in [0.29, 0.717) is 18.9 Å². The average molecular weight is 450 g/mol. The first-order valence-corrected chi connectivity index (χ1v) is 12.3. The first-order valence-electron chi connectivity index (χ1n) is 11.9. The zero-order chi connectivity index (χ0) is 22.4. The summed E-state index contributed by atoms with van der Waals surface area (Å²) in [5.74, 6) is 1.80. The molecule has 0 N–H and O–H groups in total. The van der Waals surface area contributed by atoms with Crippen LogP contribution in [0.15, 0.2) is 18.2 Å². The summed E-state index contributed by atoms with van der Waals surface area (Å²) in [5, 5.41) is 0.754. The summed E-state index contributed by atoms with van der Waals surface area (Å²) in [6, 6.07) is 5.83. The summed E-state index contributed by atoms with van der Waals surface area (Å²) in [6.45, 7) is 13.9. The van der Waals surface area contributed by atoms with Crippen LogP contribution in [0.25, 0.3) is 0 Å². The third-order valence-electron chi connectivity index (χ3n) is 7.06. The quantitative estimate of drug-likeness (QED) is 0.592. The number of piperidine rings is 1. The first-order chi connectivity index (χ1) is 14.8. The fraction of sp³-hybridized carbons (Fsp3) is 0.720. The Kier molecular flexibility index (Phi) is 8.65. The van der Waals surface area contributed by atoms with Gasteiger partial charge in [0.1, 0.15) is 5.75 Å². The molecule has 1 aromatic rings. The maximum Gasteiger partial charge on any atom is 0.223 e. The number of benzene rings is 1. The predicted octanol–water partition coefficient (Wildman–Crippen LogP) is 4.32. The van der Waals surface area contributed by atoms with Crippen molar-refractivity contribution in [2.24, 2.45) is 11.3 Å². The highest BCUT2D eigenvalue weighted by Gasteiger charge is 2.40. The molecule has 2 aliphatic rings. The highest BCUT2D eigenvalue weighted by molar-refractivity contribution is 6.31. The van der Waals surface area contributed by atoms with E-state index in [-0.39, 0.29) is 11.3 Å². The van der Waals surface area contributed by atoms with E-state index in [1.807, 2.05) is 25.1 Å². The van der Waals surface area contributed by atoms with Crippen molar-refractivity contribution in [3.05, 3.63) is 28.8 Å². The van der Waals surface area contributed by atoms with Crippen LogP contribution < -0.4 is 4.74 Å². The van der Waals surface area contributed by atoms with Crippen molar-refractivity contribution in [3.63, 3.8) is 0 Å². The molecule has 0 spiro atoms. The molecule has 0 saturated carbocycles. The molecule has 0 radical (unpaired) electrons. The molecular weight excluding hydrogens is 410 g/mol. The summed E-state index contributed by atoms with van der Waals surface area (Å²) in [5.41, 5.74) is 0.878. The second-order valence-electron chi connectivity index (χ2n) is 9.91.